The van der Waals surface area contributed by atoms with Gasteiger partial charge in [-0.2, -0.15) is 0 Å². The Labute approximate surface area is 190 Å². The van der Waals surface area contributed by atoms with Crippen LogP contribution < -0.4 is 5.73 Å². The van der Waals surface area contributed by atoms with Gasteiger partial charge in [-0.15, -0.1) is 0 Å². The van der Waals surface area contributed by atoms with Gasteiger partial charge in [0, 0.05) is 25.2 Å². The topological polar surface area (TPSA) is 69.9 Å². The molecule has 2 aliphatic carbocycles. The summed E-state index contributed by atoms with van der Waals surface area (Å²) >= 11 is 0. The number of nitrogens with two attached hydrogens (primary N) is 1. The Morgan fingerprint density at radius 1 is 1.22 bits per heavy atom. The number of rotatable bonds is 7. The Morgan fingerprint density at radius 2 is 1.88 bits per heavy atom. The lowest BCUT2D eigenvalue weighted by atomic mass is 9.68. The Kier molecular flexibility index (Phi) is 5.76. The molecule has 1 spiro atoms. The second-order valence-corrected chi connectivity index (χ2v) is 11.1. The standard InChI is InChI=1S/C25H37FN4O2/c1-23(2,21(27)31)16-29-17-24(30(22(29)32)15-18-8-9-18)10-12-25(13-11-24,28(3)4)19-6-5-7-20(26)14-19/h5-7,14,18H,8-13,15-17H2,1-4H3,(H2,27,31)/t24-,25+. The van der Waals surface area contributed by atoms with Crippen LogP contribution in [0.5, 0.6) is 0 Å². The molecule has 3 fully saturated rings. The SMILES string of the molecule is CN(C)[C@]1(c2cccc(F)c2)CC[C@]2(CC1)CN(CC(C)(C)C(N)=O)C(=O)N2CC1CC1. The van der Waals surface area contributed by atoms with Gasteiger partial charge in [-0.05, 0) is 90.1 Å². The van der Waals surface area contributed by atoms with Crippen LogP contribution in [-0.2, 0) is 10.3 Å². The number of amides is 3. The summed E-state index contributed by atoms with van der Waals surface area (Å²) in [6.45, 7) is 5.37. The molecule has 3 aliphatic rings. The van der Waals surface area contributed by atoms with Gasteiger partial charge in [0.25, 0.3) is 0 Å². The van der Waals surface area contributed by atoms with E-state index in [1.807, 2.05) is 11.0 Å². The van der Waals surface area contributed by atoms with Gasteiger partial charge in [0.05, 0.1) is 11.0 Å². The van der Waals surface area contributed by atoms with Crippen LogP contribution >= 0.6 is 0 Å². The summed E-state index contributed by atoms with van der Waals surface area (Å²) in [5.41, 5.74) is 5.36. The van der Waals surface area contributed by atoms with Crippen molar-refractivity contribution in [2.24, 2.45) is 17.1 Å². The van der Waals surface area contributed by atoms with Gasteiger partial charge in [-0.1, -0.05) is 12.1 Å². The highest BCUT2D eigenvalue weighted by atomic mass is 19.1. The van der Waals surface area contributed by atoms with Gasteiger partial charge in [0.15, 0.2) is 0 Å². The van der Waals surface area contributed by atoms with E-state index in [1.54, 1.807) is 26.0 Å². The summed E-state index contributed by atoms with van der Waals surface area (Å²) in [6.07, 6.45) is 5.77. The first kappa shape index (κ1) is 23.0. The molecule has 0 aromatic heterocycles. The van der Waals surface area contributed by atoms with Crippen LogP contribution in [0.3, 0.4) is 0 Å². The Hall–Kier alpha value is -2.15. The average molecular weight is 445 g/mol. The molecule has 7 heteroatoms. The highest BCUT2D eigenvalue weighted by Gasteiger charge is 2.55. The molecule has 1 aliphatic heterocycles. The molecule has 0 unspecified atom stereocenters. The monoisotopic (exact) mass is 444 g/mol. The van der Waals surface area contributed by atoms with E-state index < -0.39 is 5.41 Å². The molecule has 1 aromatic carbocycles. The predicted molar refractivity (Wildman–Crippen MR) is 122 cm³/mol. The fraction of sp³-hybridized carbons (Fsp3) is 0.680. The zero-order valence-corrected chi connectivity index (χ0v) is 19.9. The van der Waals surface area contributed by atoms with Crippen LogP contribution in [0.4, 0.5) is 9.18 Å². The van der Waals surface area contributed by atoms with E-state index in [9.17, 15) is 14.0 Å². The molecule has 3 amide bonds. The Morgan fingerprint density at radius 3 is 2.41 bits per heavy atom. The molecule has 2 saturated carbocycles. The van der Waals surface area contributed by atoms with Crippen molar-refractivity contribution in [3.63, 3.8) is 0 Å². The lowest BCUT2D eigenvalue weighted by molar-refractivity contribution is -0.126. The molecule has 1 saturated heterocycles. The minimum absolute atomic E-state index is 0.0364. The average Bonchev–Trinajstić information content (AvgIpc) is 3.51. The fourth-order valence-electron chi connectivity index (χ4n) is 5.72. The first-order chi connectivity index (χ1) is 15.0. The van der Waals surface area contributed by atoms with Gasteiger partial charge in [-0.3, -0.25) is 9.69 Å². The van der Waals surface area contributed by atoms with E-state index in [0.717, 1.165) is 37.8 Å². The van der Waals surface area contributed by atoms with Crippen LogP contribution in [0.2, 0.25) is 0 Å². The third-order valence-corrected chi connectivity index (χ3v) is 8.18. The van der Waals surface area contributed by atoms with E-state index in [-0.39, 0.29) is 28.8 Å². The van der Waals surface area contributed by atoms with Crippen molar-refractivity contribution < 1.29 is 14.0 Å². The van der Waals surface area contributed by atoms with Crippen molar-refractivity contribution in [3.05, 3.63) is 35.6 Å². The second-order valence-electron chi connectivity index (χ2n) is 11.1. The minimum Gasteiger partial charge on any atom is -0.369 e. The minimum atomic E-state index is -0.768. The maximum Gasteiger partial charge on any atom is 0.320 e. The van der Waals surface area contributed by atoms with Crippen molar-refractivity contribution in [1.82, 2.24) is 14.7 Å². The summed E-state index contributed by atoms with van der Waals surface area (Å²) in [7, 11) is 4.12. The second kappa shape index (κ2) is 8.01. The van der Waals surface area contributed by atoms with E-state index in [2.05, 4.69) is 23.9 Å². The Bertz CT molecular complexity index is 888. The number of carbonyl (C=O) groups excluding carboxylic acids is 2. The van der Waals surface area contributed by atoms with Crippen molar-refractivity contribution in [3.8, 4) is 0 Å². The first-order valence-electron chi connectivity index (χ1n) is 11.8. The van der Waals surface area contributed by atoms with Gasteiger partial charge in [0.1, 0.15) is 5.82 Å². The summed E-state index contributed by atoms with van der Waals surface area (Å²) in [4.78, 5) is 31.6. The fourth-order valence-corrected chi connectivity index (χ4v) is 5.72. The number of hydrogen-bond acceptors (Lipinski definition) is 3. The number of primary amides is 1. The maximum atomic E-state index is 14.1. The molecule has 0 atom stereocenters. The van der Waals surface area contributed by atoms with Crippen LogP contribution in [-0.4, -0.2) is 65.9 Å². The van der Waals surface area contributed by atoms with E-state index in [4.69, 9.17) is 5.73 Å². The third kappa shape index (κ3) is 4.00. The van der Waals surface area contributed by atoms with E-state index in [0.29, 0.717) is 19.0 Å². The van der Waals surface area contributed by atoms with Gasteiger partial charge < -0.3 is 15.5 Å². The molecular weight excluding hydrogens is 407 g/mol. The number of benzene rings is 1. The van der Waals surface area contributed by atoms with E-state index >= 15 is 0 Å². The van der Waals surface area contributed by atoms with Crippen LogP contribution in [0, 0.1) is 17.2 Å². The third-order valence-electron chi connectivity index (χ3n) is 8.18. The largest absolute Gasteiger partial charge is 0.369 e. The van der Waals surface area contributed by atoms with Gasteiger partial charge >= 0.3 is 6.03 Å². The lowest BCUT2D eigenvalue weighted by Crippen LogP contribution is -2.55. The quantitative estimate of drug-likeness (QED) is 0.699. The van der Waals surface area contributed by atoms with E-state index in [1.165, 1.54) is 18.9 Å². The van der Waals surface area contributed by atoms with Crippen LogP contribution in [0.1, 0.15) is 57.9 Å². The number of carbonyl (C=O) groups is 2. The smallest absolute Gasteiger partial charge is 0.320 e. The maximum absolute atomic E-state index is 14.1. The van der Waals surface area contributed by atoms with Gasteiger partial charge in [-0.25, -0.2) is 9.18 Å². The molecule has 176 valence electrons. The number of nitrogens with zero attached hydrogens (tertiary/aromatic N) is 3. The predicted octanol–water partition coefficient (Wildman–Crippen LogP) is 3.55. The molecule has 1 aromatic rings. The number of halogens is 1. The normalized spacial score (nSPS) is 28.8. The van der Waals surface area contributed by atoms with Crippen molar-refractivity contribution in [2.45, 2.75) is 63.5 Å². The molecule has 32 heavy (non-hydrogen) atoms. The Balaban J connectivity index is 1.60. The summed E-state index contributed by atoms with van der Waals surface area (Å²) < 4.78 is 14.1. The molecule has 1 heterocycles. The molecule has 6 nitrogen and oxygen atoms in total. The first-order valence-corrected chi connectivity index (χ1v) is 11.8. The van der Waals surface area contributed by atoms with Crippen LogP contribution in [0.25, 0.3) is 0 Å². The molecular formula is C25H37FN4O2. The highest BCUT2D eigenvalue weighted by Crippen LogP contribution is 2.50. The van der Waals surface area contributed by atoms with Crippen molar-refractivity contribution in [1.29, 1.82) is 0 Å². The summed E-state index contributed by atoms with van der Waals surface area (Å²) in [5.74, 6) is -0.0136. The highest BCUT2D eigenvalue weighted by molar-refractivity contribution is 5.83. The molecule has 0 bridgehead atoms. The number of urea groups is 1. The molecule has 4 rings (SSSR count). The summed E-state index contributed by atoms with van der Waals surface area (Å²) in [6, 6.07) is 6.98. The zero-order valence-electron chi connectivity index (χ0n) is 19.9. The molecule has 2 N–H and O–H groups in total. The lowest BCUT2D eigenvalue weighted by Gasteiger charge is -2.51. The van der Waals surface area contributed by atoms with Crippen molar-refractivity contribution in [2.75, 3.05) is 33.7 Å². The number of hydrogen-bond donors (Lipinski definition) is 1. The molecule has 0 radical (unpaired) electrons. The van der Waals surface area contributed by atoms with Crippen LogP contribution in [0.15, 0.2) is 24.3 Å². The van der Waals surface area contributed by atoms with Crippen molar-refractivity contribution >= 4 is 11.9 Å². The zero-order chi connectivity index (χ0) is 23.3. The van der Waals surface area contributed by atoms with Gasteiger partial charge in [0.2, 0.25) is 5.91 Å². The summed E-state index contributed by atoms with van der Waals surface area (Å²) in [5, 5.41) is 0.